The van der Waals surface area contributed by atoms with Gasteiger partial charge in [0.05, 0.1) is 23.4 Å². The Balaban J connectivity index is 2.08. The van der Waals surface area contributed by atoms with Crippen LogP contribution in [0.3, 0.4) is 0 Å². The lowest BCUT2D eigenvalue weighted by molar-refractivity contribution is -0.122. The van der Waals surface area contributed by atoms with Gasteiger partial charge in [0.2, 0.25) is 0 Å². The van der Waals surface area contributed by atoms with Gasteiger partial charge in [-0.15, -0.1) is 0 Å². The maximum absolute atomic E-state index is 13.3. The van der Waals surface area contributed by atoms with Gasteiger partial charge < -0.3 is 9.47 Å². The number of aryl methyl sites for hydroxylation is 1. The van der Waals surface area contributed by atoms with E-state index in [1.807, 2.05) is 39.0 Å². The number of amides is 2. The molecule has 1 fully saturated rings. The van der Waals surface area contributed by atoms with E-state index in [4.69, 9.17) is 21.7 Å². The van der Waals surface area contributed by atoms with E-state index in [9.17, 15) is 9.59 Å². The summed E-state index contributed by atoms with van der Waals surface area (Å²) in [6.45, 7) is 6.53. The van der Waals surface area contributed by atoms with Gasteiger partial charge in [-0.05, 0) is 72.7 Å². The van der Waals surface area contributed by atoms with Crippen molar-refractivity contribution in [1.29, 1.82) is 0 Å². The molecular weight excluding hydrogens is 468 g/mol. The van der Waals surface area contributed by atoms with E-state index >= 15 is 0 Å². The summed E-state index contributed by atoms with van der Waals surface area (Å²) in [5.74, 6) is 0.0749. The summed E-state index contributed by atoms with van der Waals surface area (Å²) in [5.41, 5.74) is 2.02. The van der Waals surface area contributed by atoms with Crippen LogP contribution in [0.2, 0.25) is 0 Å². The van der Waals surface area contributed by atoms with Gasteiger partial charge in [-0.2, -0.15) is 0 Å². The Kier molecular flexibility index (Phi) is 6.89. The fourth-order valence-corrected chi connectivity index (χ4v) is 3.81. The third kappa shape index (κ3) is 4.39. The van der Waals surface area contributed by atoms with Gasteiger partial charge in [0, 0.05) is 11.6 Å². The van der Waals surface area contributed by atoms with Crippen LogP contribution in [0.1, 0.15) is 25.0 Å². The highest BCUT2D eigenvalue weighted by Gasteiger charge is 2.35. The number of carbonyl (C=O) groups is 2. The maximum atomic E-state index is 13.3. The topological polar surface area (TPSA) is 67.9 Å². The van der Waals surface area contributed by atoms with Crippen molar-refractivity contribution in [2.45, 2.75) is 20.8 Å². The Hall–Kier alpha value is -2.71. The van der Waals surface area contributed by atoms with Crippen molar-refractivity contribution in [2.75, 3.05) is 18.1 Å². The number of rotatable bonds is 6. The second kappa shape index (κ2) is 9.40. The zero-order valence-electron chi connectivity index (χ0n) is 16.8. The molecule has 156 valence electrons. The lowest BCUT2D eigenvalue weighted by Gasteiger charge is -2.30. The molecule has 0 radical (unpaired) electrons. The highest BCUT2D eigenvalue weighted by molar-refractivity contribution is 9.10. The van der Waals surface area contributed by atoms with Crippen LogP contribution in [0.4, 0.5) is 5.69 Å². The van der Waals surface area contributed by atoms with Crippen LogP contribution in [0.25, 0.3) is 6.08 Å². The van der Waals surface area contributed by atoms with Crippen LogP contribution in [-0.4, -0.2) is 30.1 Å². The second-order valence-electron chi connectivity index (χ2n) is 6.43. The number of hydrogen-bond acceptors (Lipinski definition) is 5. The normalized spacial score (nSPS) is 15.4. The molecule has 0 aromatic heterocycles. The largest absolute Gasteiger partial charge is 0.493 e. The van der Waals surface area contributed by atoms with E-state index in [0.29, 0.717) is 40.4 Å². The second-order valence-corrected chi connectivity index (χ2v) is 7.67. The number of hydrogen-bond donors (Lipinski definition) is 1. The molecule has 8 heteroatoms. The molecule has 0 aliphatic carbocycles. The molecule has 1 aliphatic rings. The van der Waals surface area contributed by atoms with Crippen LogP contribution >= 0.6 is 28.1 Å². The zero-order valence-corrected chi connectivity index (χ0v) is 19.2. The maximum Gasteiger partial charge on any atom is 0.270 e. The highest BCUT2D eigenvalue weighted by atomic mass is 79.9. The van der Waals surface area contributed by atoms with Crippen molar-refractivity contribution < 1.29 is 19.1 Å². The van der Waals surface area contributed by atoms with Crippen molar-refractivity contribution in [3.05, 3.63) is 57.6 Å². The van der Waals surface area contributed by atoms with Crippen LogP contribution in [0.5, 0.6) is 11.5 Å². The van der Waals surface area contributed by atoms with E-state index < -0.39 is 11.8 Å². The van der Waals surface area contributed by atoms with Crippen molar-refractivity contribution >= 4 is 56.8 Å². The molecule has 0 spiro atoms. The molecule has 2 amide bonds. The number of nitrogens with zero attached hydrogens (tertiary/aromatic N) is 1. The van der Waals surface area contributed by atoms with Crippen molar-refractivity contribution in [1.82, 2.24) is 5.32 Å². The number of para-hydroxylation sites is 1. The highest BCUT2D eigenvalue weighted by Crippen LogP contribution is 2.35. The van der Waals surface area contributed by atoms with Crippen LogP contribution in [0, 0.1) is 6.92 Å². The smallest absolute Gasteiger partial charge is 0.270 e. The Labute approximate surface area is 189 Å². The van der Waals surface area contributed by atoms with Gasteiger partial charge in [-0.1, -0.05) is 18.2 Å². The third-order valence-electron chi connectivity index (χ3n) is 4.42. The molecule has 1 saturated heterocycles. The number of carbonyl (C=O) groups excluding carboxylic acids is 2. The molecule has 2 aromatic carbocycles. The van der Waals surface area contributed by atoms with E-state index in [1.165, 1.54) is 11.0 Å². The Morgan fingerprint density at radius 3 is 2.43 bits per heavy atom. The fraction of sp³-hybridized carbons (Fsp3) is 0.227. The lowest BCUT2D eigenvalue weighted by Crippen LogP contribution is -2.54. The molecule has 6 nitrogen and oxygen atoms in total. The van der Waals surface area contributed by atoms with Gasteiger partial charge in [0.15, 0.2) is 5.11 Å². The molecule has 3 rings (SSSR count). The first-order valence-corrected chi connectivity index (χ1v) is 10.6. The average molecular weight is 489 g/mol. The van der Waals surface area contributed by atoms with E-state index in [1.54, 1.807) is 18.2 Å². The molecule has 1 N–H and O–H groups in total. The van der Waals surface area contributed by atoms with Crippen LogP contribution in [0.15, 0.2) is 46.4 Å². The third-order valence-corrected chi connectivity index (χ3v) is 5.33. The minimum absolute atomic E-state index is 0.0381. The van der Waals surface area contributed by atoms with Crippen molar-refractivity contribution in [3.8, 4) is 11.5 Å². The summed E-state index contributed by atoms with van der Waals surface area (Å²) in [6, 6.07) is 10.8. The first kappa shape index (κ1) is 22.0. The lowest BCUT2D eigenvalue weighted by atomic mass is 10.0. The van der Waals surface area contributed by atoms with Crippen LogP contribution in [-0.2, 0) is 9.59 Å². The molecule has 0 saturated carbocycles. The molecule has 30 heavy (non-hydrogen) atoms. The predicted octanol–water partition coefficient (Wildman–Crippen LogP) is 4.39. The summed E-state index contributed by atoms with van der Waals surface area (Å²) in [7, 11) is 0. The number of benzene rings is 2. The molecule has 0 bridgehead atoms. The van der Waals surface area contributed by atoms with E-state index in [2.05, 4.69) is 21.2 Å². The molecule has 2 aromatic rings. The predicted molar refractivity (Wildman–Crippen MR) is 124 cm³/mol. The average Bonchev–Trinajstić information content (AvgIpc) is 2.70. The van der Waals surface area contributed by atoms with Crippen LogP contribution < -0.4 is 19.7 Å². The van der Waals surface area contributed by atoms with E-state index in [0.717, 1.165) is 5.56 Å². The minimum atomic E-state index is -0.553. The summed E-state index contributed by atoms with van der Waals surface area (Å²) in [6.07, 6.45) is 1.51. The quantitative estimate of drug-likeness (QED) is 0.371. The van der Waals surface area contributed by atoms with Crippen molar-refractivity contribution in [3.63, 3.8) is 0 Å². The minimum Gasteiger partial charge on any atom is -0.493 e. The zero-order chi connectivity index (χ0) is 21.8. The van der Waals surface area contributed by atoms with Gasteiger partial charge >= 0.3 is 0 Å². The van der Waals surface area contributed by atoms with Gasteiger partial charge in [-0.3, -0.25) is 19.8 Å². The summed E-state index contributed by atoms with van der Waals surface area (Å²) < 4.78 is 12.0. The number of thiocarbonyl (C=S) groups is 1. The number of ether oxygens (including phenoxy) is 2. The summed E-state index contributed by atoms with van der Waals surface area (Å²) in [5, 5.41) is 2.66. The van der Waals surface area contributed by atoms with E-state index in [-0.39, 0.29) is 10.7 Å². The summed E-state index contributed by atoms with van der Waals surface area (Å²) >= 11 is 8.74. The SMILES string of the molecule is CCOc1cc(OCC)c(/C=C2\C(=O)NC(=S)N(c3ccccc3C)C2=O)cc1Br. The number of nitrogens with one attached hydrogen (secondary N) is 1. The number of halogens is 1. The number of anilines is 1. The van der Waals surface area contributed by atoms with Gasteiger partial charge in [0.25, 0.3) is 11.8 Å². The van der Waals surface area contributed by atoms with Crippen molar-refractivity contribution in [2.24, 2.45) is 0 Å². The fourth-order valence-electron chi connectivity index (χ4n) is 3.06. The molecule has 0 atom stereocenters. The summed E-state index contributed by atoms with van der Waals surface area (Å²) in [4.78, 5) is 27.2. The first-order valence-electron chi connectivity index (χ1n) is 9.43. The molecule has 1 aliphatic heterocycles. The van der Waals surface area contributed by atoms with Gasteiger partial charge in [-0.25, -0.2) is 0 Å². The Morgan fingerprint density at radius 1 is 1.10 bits per heavy atom. The van der Waals surface area contributed by atoms with Gasteiger partial charge in [0.1, 0.15) is 17.1 Å². The molecular formula is C22H21BrN2O4S. The molecule has 0 unspecified atom stereocenters. The Morgan fingerprint density at radius 2 is 1.77 bits per heavy atom. The first-order chi connectivity index (χ1) is 14.4. The monoisotopic (exact) mass is 488 g/mol. The Bertz CT molecular complexity index is 1050. The standard InChI is InChI=1S/C22H21BrN2O4S/c1-4-28-18-12-19(29-5-2)16(23)11-14(18)10-15-20(26)24-22(30)25(21(15)27)17-9-7-6-8-13(17)3/h6-12H,4-5H2,1-3H3,(H,24,26,30)/b15-10+. The molecule has 1 heterocycles.